The predicted octanol–water partition coefficient (Wildman–Crippen LogP) is 2.60. The molecule has 0 amide bonds. The van der Waals surface area contributed by atoms with Gasteiger partial charge in [0.15, 0.2) is 0 Å². The average molecular weight is 274 g/mol. The molecular weight excluding hydrogens is 264 g/mol. The Hall–Kier alpha value is 0.430. The fraction of sp³-hybridized carbons (Fsp3) is 0.833. The van der Waals surface area contributed by atoms with Crippen LogP contribution in [0.1, 0.15) is 20.3 Å². The first-order chi connectivity index (χ1) is 4.36. The van der Waals surface area contributed by atoms with Crippen molar-refractivity contribution in [3.8, 4) is 0 Å². The van der Waals surface area contributed by atoms with E-state index in [2.05, 4.69) is 31.9 Å². The third kappa shape index (κ3) is 3.56. The minimum absolute atomic E-state index is 0.0751. The summed E-state index contributed by atoms with van der Waals surface area (Å²) in [5.74, 6) is -0.767. The zero-order chi connectivity index (χ0) is 8.36. The summed E-state index contributed by atoms with van der Waals surface area (Å²) in [4.78, 5) is 10.5. The molecule has 10 heavy (non-hydrogen) atoms. The highest BCUT2D eigenvalue weighted by Crippen LogP contribution is 2.28. The van der Waals surface area contributed by atoms with Crippen molar-refractivity contribution in [2.45, 2.75) is 24.0 Å². The van der Waals surface area contributed by atoms with Crippen molar-refractivity contribution in [1.29, 1.82) is 0 Å². The SMILES string of the molecule is CC(C)(CC(Br)Br)C(=O)O. The van der Waals surface area contributed by atoms with E-state index in [4.69, 9.17) is 5.11 Å². The molecule has 0 aromatic carbocycles. The van der Waals surface area contributed by atoms with E-state index in [-0.39, 0.29) is 3.74 Å². The maximum Gasteiger partial charge on any atom is 0.309 e. The molecule has 0 aliphatic heterocycles. The fourth-order valence-corrected chi connectivity index (χ4v) is 2.09. The zero-order valence-electron chi connectivity index (χ0n) is 5.90. The van der Waals surface area contributed by atoms with E-state index in [1.54, 1.807) is 13.8 Å². The van der Waals surface area contributed by atoms with Gasteiger partial charge in [-0.15, -0.1) is 0 Å². The first kappa shape index (κ1) is 10.4. The van der Waals surface area contributed by atoms with Crippen LogP contribution in [0.3, 0.4) is 0 Å². The van der Waals surface area contributed by atoms with Gasteiger partial charge in [0.2, 0.25) is 0 Å². The quantitative estimate of drug-likeness (QED) is 0.803. The molecule has 0 rings (SSSR count). The number of halogens is 2. The monoisotopic (exact) mass is 272 g/mol. The van der Waals surface area contributed by atoms with E-state index in [0.29, 0.717) is 6.42 Å². The lowest BCUT2D eigenvalue weighted by Crippen LogP contribution is -2.25. The first-order valence-corrected chi connectivity index (χ1v) is 4.71. The lowest BCUT2D eigenvalue weighted by molar-refractivity contribution is -0.147. The summed E-state index contributed by atoms with van der Waals surface area (Å²) < 4.78 is 0.0751. The van der Waals surface area contributed by atoms with Gasteiger partial charge in [0.25, 0.3) is 0 Å². The second-order valence-corrected chi connectivity index (χ2v) is 6.22. The van der Waals surface area contributed by atoms with Crippen LogP contribution >= 0.6 is 31.9 Å². The van der Waals surface area contributed by atoms with Crippen molar-refractivity contribution in [2.24, 2.45) is 5.41 Å². The van der Waals surface area contributed by atoms with Crippen LogP contribution in [-0.4, -0.2) is 14.8 Å². The van der Waals surface area contributed by atoms with E-state index in [9.17, 15) is 4.79 Å². The second-order valence-electron chi connectivity index (χ2n) is 2.78. The summed E-state index contributed by atoms with van der Waals surface area (Å²) >= 11 is 6.46. The molecule has 0 aromatic rings. The van der Waals surface area contributed by atoms with Crippen LogP contribution in [0.5, 0.6) is 0 Å². The number of carbonyl (C=O) groups is 1. The van der Waals surface area contributed by atoms with Crippen LogP contribution in [0.4, 0.5) is 0 Å². The third-order valence-corrected chi connectivity index (χ3v) is 1.89. The Morgan fingerprint density at radius 2 is 2.00 bits per heavy atom. The largest absolute Gasteiger partial charge is 0.481 e. The van der Waals surface area contributed by atoms with Crippen LogP contribution in [0.2, 0.25) is 0 Å². The van der Waals surface area contributed by atoms with E-state index in [1.807, 2.05) is 0 Å². The molecule has 0 spiro atoms. The molecule has 0 unspecified atom stereocenters. The topological polar surface area (TPSA) is 37.3 Å². The van der Waals surface area contributed by atoms with E-state index >= 15 is 0 Å². The van der Waals surface area contributed by atoms with Gasteiger partial charge in [0.1, 0.15) is 0 Å². The van der Waals surface area contributed by atoms with Gasteiger partial charge in [0, 0.05) is 0 Å². The molecule has 0 radical (unpaired) electrons. The fourth-order valence-electron chi connectivity index (χ4n) is 0.473. The Morgan fingerprint density at radius 1 is 1.60 bits per heavy atom. The van der Waals surface area contributed by atoms with Crippen molar-refractivity contribution < 1.29 is 9.90 Å². The minimum atomic E-state index is -0.767. The van der Waals surface area contributed by atoms with Crippen molar-refractivity contribution in [2.75, 3.05) is 0 Å². The number of carboxylic acid groups (broad SMARTS) is 1. The second kappa shape index (κ2) is 3.72. The van der Waals surface area contributed by atoms with Gasteiger partial charge in [-0.2, -0.15) is 0 Å². The van der Waals surface area contributed by atoms with Gasteiger partial charge < -0.3 is 5.11 Å². The number of rotatable bonds is 3. The summed E-state index contributed by atoms with van der Waals surface area (Å²) in [6.45, 7) is 3.40. The van der Waals surface area contributed by atoms with E-state index in [0.717, 1.165) is 0 Å². The van der Waals surface area contributed by atoms with Crippen LogP contribution in [0, 0.1) is 5.41 Å². The molecule has 60 valence electrons. The smallest absolute Gasteiger partial charge is 0.309 e. The lowest BCUT2D eigenvalue weighted by Gasteiger charge is -2.19. The highest BCUT2D eigenvalue weighted by atomic mass is 79.9. The molecule has 0 saturated carbocycles. The lowest BCUT2D eigenvalue weighted by atomic mass is 9.91. The Kier molecular flexibility index (Phi) is 3.88. The molecule has 1 N–H and O–H groups in total. The molecule has 0 atom stereocenters. The predicted molar refractivity (Wildman–Crippen MR) is 47.7 cm³/mol. The molecule has 0 aliphatic carbocycles. The molecule has 0 heterocycles. The highest BCUT2D eigenvalue weighted by molar-refractivity contribution is 9.24. The molecule has 0 aromatic heterocycles. The van der Waals surface area contributed by atoms with Gasteiger partial charge in [-0.1, -0.05) is 31.9 Å². The van der Waals surface area contributed by atoms with Crippen molar-refractivity contribution >= 4 is 37.8 Å². The Labute approximate surface area is 77.3 Å². The Balaban J connectivity index is 4.00. The minimum Gasteiger partial charge on any atom is -0.481 e. The molecule has 0 aliphatic rings. The average Bonchev–Trinajstić information content (AvgIpc) is 1.60. The molecule has 0 fully saturated rings. The summed E-state index contributed by atoms with van der Waals surface area (Å²) in [7, 11) is 0. The molecule has 4 heteroatoms. The summed E-state index contributed by atoms with van der Waals surface area (Å²) in [6.07, 6.45) is 0.572. The van der Waals surface area contributed by atoms with Gasteiger partial charge in [-0.25, -0.2) is 0 Å². The van der Waals surface area contributed by atoms with Gasteiger partial charge in [-0.05, 0) is 20.3 Å². The van der Waals surface area contributed by atoms with Crippen LogP contribution in [0.25, 0.3) is 0 Å². The number of carboxylic acids is 1. The van der Waals surface area contributed by atoms with Crippen molar-refractivity contribution in [3.63, 3.8) is 0 Å². The maximum absolute atomic E-state index is 10.5. The third-order valence-electron chi connectivity index (χ3n) is 1.24. The standard InChI is InChI=1S/C6H10Br2O2/c1-6(2,5(9)10)3-4(7)8/h4H,3H2,1-2H3,(H,9,10). The van der Waals surface area contributed by atoms with Gasteiger partial charge in [-0.3, -0.25) is 4.79 Å². The Bertz CT molecular complexity index is 132. The molecule has 0 bridgehead atoms. The number of hydrogen-bond donors (Lipinski definition) is 1. The normalized spacial score (nSPS) is 12.1. The summed E-state index contributed by atoms with van der Waals surface area (Å²) in [5.41, 5.74) is -0.655. The van der Waals surface area contributed by atoms with Crippen LogP contribution in [-0.2, 0) is 4.79 Å². The van der Waals surface area contributed by atoms with Crippen molar-refractivity contribution in [1.82, 2.24) is 0 Å². The Morgan fingerprint density at radius 3 is 2.10 bits per heavy atom. The summed E-state index contributed by atoms with van der Waals surface area (Å²) in [5, 5.41) is 8.65. The number of aliphatic carboxylic acids is 1. The van der Waals surface area contributed by atoms with Crippen LogP contribution in [0.15, 0.2) is 0 Å². The maximum atomic E-state index is 10.5. The molecule has 2 nitrogen and oxygen atoms in total. The van der Waals surface area contributed by atoms with E-state index < -0.39 is 11.4 Å². The van der Waals surface area contributed by atoms with Crippen LogP contribution < -0.4 is 0 Å². The number of alkyl halides is 2. The summed E-state index contributed by atoms with van der Waals surface area (Å²) in [6, 6.07) is 0. The first-order valence-electron chi connectivity index (χ1n) is 2.88. The van der Waals surface area contributed by atoms with Gasteiger partial charge in [0.05, 0.1) is 9.15 Å². The van der Waals surface area contributed by atoms with Gasteiger partial charge >= 0.3 is 5.97 Å². The highest BCUT2D eigenvalue weighted by Gasteiger charge is 2.28. The molecular formula is C6H10Br2O2. The molecule has 0 saturated heterocycles. The van der Waals surface area contributed by atoms with E-state index in [1.165, 1.54) is 0 Å². The zero-order valence-corrected chi connectivity index (χ0v) is 9.07. The number of hydrogen-bond acceptors (Lipinski definition) is 1. The van der Waals surface area contributed by atoms with Crippen molar-refractivity contribution in [3.05, 3.63) is 0 Å².